The zero-order valence-electron chi connectivity index (χ0n) is 9.77. The maximum absolute atomic E-state index is 12.9. The highest BCUT2D eigenvalue weighted by atomic mass is 32.2. The summed E-state index contributed by atoms with van der Waals surface area (Å²) in [6.07, 6.45) is 2.05. The summed E-state index contributed by atoms with van der Waals surface area (Å²) in [6.45, 7) is -0.0912. The maximum Gasteiger partial charge on any atom is 0.147 e. The first-order valence-electron chi connectivity index (χ1n) is 5.44. The van der Waals surface area contributed by atoms with Crippen molar-refractivity contribution in [2.45, 2.75) is 12.8 Å². The van der Waals surface area contributed by atoms with E-state index in [4.69, 9.17) is 5.11 Å². The Morgan fingerprint density at radius 1 is 1.41 bits per heavy atom. The van der Waals surface area contributed by atoms with Crippen molar-refractivity contribution in [2.24, 2.45) is 5.92 Å². The fourth-order valence-corrected chi connectivity index (χ4v) is 2.40. The first-order chi connectivity index (χ1) is 7.90. The van der Waals surface area contributed by atoms with Crippen LogP contribution >= 0.6 is 0 Å². The second-order valence-corrected chi connectivity index (χ2v) is 6.56. The van der Waals surface area contributed by atoms with E-state index in [1.807, 2.05) is 0 Å². The highest BCUT2D eigenvalue weighted by molar-refractivity contribution is 7.90. The standard InChI is InChI=1S/C12H17FO3S/c1-17(15,16)6-5-11(9-14)7-10-3-2-4-12(13)8-10/h2-4,8,11,14H,5-7,9H2,1H3. The molecule has 0 aliphatic rings. The van der Waals surface area contributed by atoms with Gasteiger partial charge in [0.15, 0.2) is 0 Å². The van der Waals surface area contributed by atoms with Crippen LogP contribution < -0.4 is 0 Å². The second-order valence-electron chi connectivity index (χ2n) is 4.30. The van der Waals surface area contributed by atoms with Crippen molar-refractivity contribution >= 4 is 9.84 Å². The fraction of sp³-hybridized carbons (Fsp3) is 0.500. The lowest BCUT2D eigenvalue weighted by atomic mass is 9.98. The maximum atomic E-state index is 12.9. The third kappa shape index (κ3) is 5.79. The molecule has 0 heterocycles. The van der Waals surface area contributed by atoms with E-state index in [1.165, 1.54) is 18.4 Å². The van der Waals surface area contributed by atoms with Crippen molar-refractivity contribution in [1.82, 2.24) is 0 Å². The van der Waals surface area contributed by atoms with E-state index in [0.29, 0.717) is 12.8 Å². The Balaban J connectivity index is 2.58. The Labute approximate surface area is 101 Å². The monoisotopic (exact) mass is 260 g/mol. The third-order valence-corrected chi connectivity index (χ3v) is 3.55. The number of sulfone groups is 1. The van der Waals surface area contributed by atoms with Crippen molar-refractivity contribution < 1.29 is 17.9 Å². The highest BCUT2D eigenvalue weighted by Gasteiger charge is 2.12. The van der Waals surface area contributed by atoms with Crippen LogP contribution in [0.3, 0.4) is 0 Å². The molecular weight excluding hydrogens is 243 g/mol. The smallest absolute Gasteiger partial charge is 0.147 e. The van der Waals surface area contributed by atoms with Crippen molar-refractivity contribution in [3.63, 3.8) is 0 Å². The lowest BCUT2D eigenvalue weighted by molar-refractivity contribution is 0.222. The van der Waals surface area contributed by atoms with Crippen molar-refractivity contribution in [3.05, 3.63) is 35.6 Å². The Kier molecular flexibility index (Phi) is 5.08. The predicted octanol–water partition coefficient (Wildman–Crippen LogP) is 1.41. The van der Waals surface area contributed by atoms with Crippen molar-refractivity contribution in [1.29, 1.82) is 0 Å². The van der Waals surface area contributed by atoms with Crippen LogP contribution in [-0.4, -0.2) is 32.1 Å². The van der Waals surface area contributed by atoms with Gasteiger partial charge in [0.05, 0.1) is 5.75 Å². The number of hydrogen-bond donors (Lipinski definition) is 1. The van der Waals surface area contributed by atoms with Gasteiger partial charge in [0.25, 0.3) is 0 Å². The van der Waals surface area contributed by atoms with Gasteiger partial charge in [0.2, 0.25) is 0 Å². The van der Waals surface area contributed by atoms with Gasteiger partial charge in [-0.2, -0.15) is 0 Å². The Morgan fingerprint density at radius 2 is 2.12 bits per heavy atom. The summed E-state index contributed by atoms with van der Waals surface area (Å²) in [6, 6.07) is 6.14. The van der Waals surface area contributed by atoms with E-state index in [2.05, 4.69) is 0 Å². The van der Waals surface area contributed by atoms with Crippen LogP contribution in [0.25, 0.3) is 0 Å². The minimum atomic E-state index is -3.01. The largest absolute Gasteiger partial charge is 0.396 e. The number of benzene rings is 1. The quantitative estimate of drug-likeness (QED) is 0.841. The predicted molar refractivity (Wildman–Crippen MR) is 65.0 cm³/mol. The molecule has 0 radical (unpaired) electrons. The van der Waals surface area contributed by atoms with Crippen LogP contribution in [0.4, 0.5) is 4.39 Å². The van der Waals surface area contributed by atoms with Crippen molar-refractivity contribution in [2.75, 3.05) is 18.6 Å². The molecule has 1 aromatic rings. The molecule has 3 nitrogen and oxygen atoms in total. The van der Waals surface area contributed by atoms with Gasteiger partial charge in [-0.3, -0.25) is 0 Å². The molecule has 1 aromatic carbocycles. The molecule has 0 fully saturated rings. The first kappa shape index (κ1) is 14.1. The molecule has 1 atom stereocenters. The molecular formula is C12H17FO3S. The summed E-state index contributed by atoms with van der Waals surface area (Å²) in [4.78, 5) is 0. The van der Waals surface area contributed by atoms with Crippen LogP contribution in [-0.2, 0) is 16.3 Å². The Bertz CT molecular complexity index is 457. The Hall–Kier alpha value is -0.940. The summed E-state index contributed by atoms with van der Waals surface area (Å²) in [5.74, 6) is -0.415. The molecule has 96 valence electrons. The molecule has 0 bridgehead atoms. The molecule has 0 aliphatic carbocycles. The van der Waals surface area contributed by atoms with Gasteiger partial charge in [-0.05, 0) is 36.5 Å². The number of aliphatic hydroxyl groups is 1. The molecule has 0 aliphatic heterocycles. The highest BCUT2D eigenvalue weighted by Crippen LogP contribution is 2.14. The first-order valence-corrected chi connectivity index (χ1v) is 7.50. The SMILES string of the molecule is CS(=O)(=O)CCC(CO)Cc1cccc(F)c1. The zero-order valence-corrected chi connectivity index (χ0v) is 10.6. The number of aliphatic hydroxyl groups excluding tert-OH is 1. The lowest BCUT2D eigenvalue weighted by Crippen LogP contribution is -2.15. The van der Waals surface area contributed by atoms with E-state index < -0.39 is 9.84 Å². The normalized spacial score (nSPS) is 13.6. The number of rotatable bonds is 6. The number of hydrogen-bond acceptors (Lipinski definition) is 3. The lowest BCUT2D eigenvalue weighted by Gasteiger charge is -2.13. The van der Waals surface area contributed by atoms with Crippen LogP contribution in [0.2, 0.25) is 0 Å². The molecule has 1 rings (SSSR count). The van der Waals surface area contributed by atoms with E-state index in [0.717, 1.165) is 5.56 Å². The molecule has 0 amide bonds. The molecule has 1 unspecified atom stereocenters. The van der Waals surface area contributed by atoms with Gasteiger partial charge < -0.3 is 5.11 Å². The topological polar surface area (TPSA) is 54.4 Å². The summed E-state index contributed by atoms with van der Waals surface area (Å²) in [5, 5.41) is 9.16. The van der Waals surface area contributed by atoms with Gasteiger partial charge >= 0.3 is 0 Å². The van der Waals surface area contributed by atoms with Gasteiger partial charge in [-0.25, -0.2) is 12.8 Å². The van der Waals surface area contributed by atoms with Crippen molar-refractivity contribution in [3.8, 4) is 0 Å². The fourth-order valence-electron chi connectivity index (χ4n) is 1.64. The molecule has 0 saturated carbocycles. The number of halogens is 1. The van der Waals surface area contributed by atoms with E-state index in [9.17, 15) is 12.8 Å². The van der Waals surface area contributed by atoms with Crippen LogP contribution in [0.5, 0.6) is 0 Å². The summed E-state index contributed by atoms with van der Waals surface area (Å²) in [7, 11) is -3.01. The molecule has 0 spiro atoms. The minimum absolute atomic E-state index is 0.0491. The molecule has 1 N–H and O–H groups in total. The van der Waals surface area contributed by atoms with Gasteiger partial charge in [0, 0.05) is 12.9 Å². The molecule has 17 heavy (non-hydrogen) atoms. The van der Waals surface area contributed by atoms with Gasteiger partial charge in [-0.15, -0.1) is 0 Å². The van der Waals surface area contributed by atoms with Crippen LogP contribution in [0.15, 0.2) is 24.3 Å². The summed E-state index contributed by atoms with van der Waals surface area (Å²) >= 11 is 0. The Morgan fingerprint density at radius 3 is 2.65 bits per heavy atom. The van der Waals surface area contributed by atoms with E-state index >= 15 is 0 Å². The van der Waals surface area contributed by atoms with Crippen LogP contribution in [0.1, 0.15) is 12.0 Å². The average molecular weight is 260 g/mol. The average Bonchev–Trinajstić information content (AvgIpc) is 2.23. The van der Waals surface area contributed by atoms with E-state index in [1.54, 1.807) is 12.1 Å². The zero-order chi connectivity index (χ0) is 12.9. The minimum Gasteiger partial charge on any atom is -0.396 e. The summed E-state index contributed by atoms with van der Waals surface area (Å²) in [5.41, 5.74) is 0.776. The van der Waals surface area contributed by atoms with Gasteiger partial charge in [-0.1, -0.05) is 12.1 Å². The van der Waals surface area contributed by atoms with Gasteiger partial charge in [0.1, 0.15) is 15.7 Å². The van der Waals surface area contributed by atoms with E-state index in [-0.39, 0.29) is 24.1 Å². The second kappa shape index (κ2) is 6.12. The summed E-state index contributed by atoms with van der Waals surface area (Å²) < 4.78 is 35.0. The molecule has 0 saturated heterocycles. The third-order valence-electron chi connectivity index (χ3n) is 2.57. The molecule has 0 aromatic heterocycles. The van der Waals surface area contributed by atoms with Crippen LogP contribution in [0, 0.1) is 11.7 Å². The molecule has 5 heteroatoms.